The van der Waals surface area contributed by atoms with Gasteiger partial charge >= 0.3 is 6.18 Å². The van der Waals surface area contributed by atoms with Gasteiger partial charge in [0.05, 0.1) is 21.9 Å². The Kier molecular flexibility index (Phi) is 5.64. The van der Waals surface area contributed by atoms with E-state index in [1.165, 1.54) is 0 Å². The van der Waals surface area contributed by atoms with Crippen molar-refractivity contribution in [3.8, 4) is 0 Å². The summed E-state index contributed by atoms with van der Waals surface area (Å²) in [7, 11) is 0. The first kappa shape index (κ1) is 19.2. The minimum Gasteiger partial charge on any atom is -0.376 e. The van der Waals surface area contributed by atoms with E-state index in [0.717, 1.165) is 41.3 Å². The van der Waals surface area contributed by atoms with Crippen LogP contribution in [0.25, 0.3) is 5.65 Å². The number of thioether (sulfide) groups is 1. The molecule has 2 aromatic heterocycles. The molecule has 3 rings (SSSR count). The molecule has 11 heteroatoms. The number of nitrogens with zero attached hydrogens (tertiary/aromatic N) is 3. The topological polar surface area (TPSA) is 68.5 Å². The lowest BCUT2D eigenvalue weighted by atomic mass is 10.2. The highest BCUT2D eigenvalue weighted by Crippen LogP contribution is 2.33. The number of amides is 1. The molecule has 6 nitrogen and oxygen atoms in total. The SMILES string of the molecule is C[C@@H](Sc1nnc2c(Cl)cc(C(F)(F)F)cn12)C(=O)NC[C@H]1CCCO1. The molecule has 0 saturated carbocycles. The van der Waals surface area contributed by atoms with E-state index in [1.54, 1.807) is 6.92 Å². The van der Waals surface area contributed by atoms with Crippen molar-refractivity contribution in [2.24, 2.45) is 0 Å². The van der Waals surface area contributed by atoms with Crippen LogP contribution in [0.4, 0.5) is 13.2 Å². The van der Waals surface area contributed by atoms with Crippen LogP contribution in [0.2, 0.25) is 5.02 Å². The van der Waals surface area contributed by atoms with Gasteiger partial charge in [-0.05, 0) is 25.8 Å². The van der Waals surface area contributed by atoms with Gasteiger partial charge in [-0.25, -0.2) is 0 Å². The fourth-order valence-electron chi connectivity index (χ4n) is 2.54. The molecule has 1 N–H and O–H groups in total. The van der Waals surface area contributed by atoms with E-state index >= 15 is 0 Å². The maximum absolute atomic E-state index is 13.0. The molecule has 1 aliphatic heterocycles. The van der Waals surface area contributed by atoms with E-state index in [-0.39, 0.29) is 27.8 Å². The molecular weight excluding hydrogens is 393 g/mol. The van der Waals surface area contributed by atoms with Crippen LogP contribution in [-0.2, 0) is 15.7 Å². The van der Waals surface area contributed by atoms with Gasteiger partial charge in [-0.1, -0.05) is 23.4 Å². The summed E-state index contributed by atoms with van der Waals surface area (Å²) < 4.78 is 45.5. The van der Waals surface area contributed by atoms with E-state index in [4.69, 9.17) is 16.3 Å². The third kappa shape index (κ3) is 4.24. The van der Waals surface area contributed by atoms with Crippen molar-refractivity contribution >= 4 is 34.9 Å². The van der Waals surface area contributed by atoms with E-state index in [0.29, 0.717) is 13.2 Å². The zero-order chi connectivity index (χ0) is 18.9. The molecular formula is C15H16ClF3N4O2S. The Labute approximate surface area is 156 Å². The van der Waals surface area contributed by atoms with Crippen molar-refractivity contribution in [2.45, 2.75) is 42.5 Å². The molecule has 0 aromatic carbocycles. The van der Waals surface area contributed by atoms with Crippen molar-refractivity contribution in [1.29, 1.82) is 0 Å². The van der Waals surface area contributed by atoms with Crippen LogP contribution >= 0.6 is 23.4 Å². The van der Waals surface area contributed by atoms with Crippen LogP contribution in [0.15, 0.2) is 17.4 Å². The van der Waals surface area contributed by atoms with Gasteiger partial charge in [0.1, 0.15) is 0 Å². The monoisotopic (exact) mass is 408 g/mol. The van der Waals surface area contributed by atoms with Crippen molar-refractivity contribution in [3.63, 3.8) is 0 Å². The van der Waals surface area contributed by atoms with Gasteiger partial charge in [0.15, 0.2) is 10.8 Å². The molecule has 1 fully saturated rings. The van der Waals surface area contributed by atoms with E-state index in [9.17, 15) is 18.0 Å². The maximum atomic E-state index is 13.0. The summed E-state index contributed by atoms with van der Waals surface area (Å²) >= 11 is 6.89. The van der Waals surface area contributed by atoms with Crippen LogP contribution in [0, 0.1) is 0 Å². The predicted octanol–water partition coefficient (Wildman–Crippen LogP) is 3.18. The number of hydrogen-bond acceptors (Lipinski definition) is 5. The van der Waals surface area contributed by atoms with Gasteiger partial charge in [-0.15, -0.1) is 10.2 Å². The Morgan fingerprint density at radius 1 is 1.54 bits per heavy atom. The van der Waals surface area contributed by atoms with E-state index in [2.05, 4.69) is 15.5 Å². The van der Waals surface area contributed by atoms with Crippen LogP contribution in [0.5, 0.6) is 0 Å². The minimum atomic E-state index is -4.55. The molecule has 0 unspecified atom stereocenters. The largest absolute Gasteiger partial charge is 0.417 e. The Hall–Kier alpha value is -1.52. The number of carbonyl (C=O) groups is 1. The summed E-state index contributed by atoms with van der Waals surface area (Å²) in [6.07, 6.45) is -1.79. The Bertz CT molecular complexity index is 808. The summed E-state index contributed by atoms with van der Waals surface area (Å²) in [6, 6.07) is 0.803. The average Bonchev–Trinajstić information content (AvgIpc) is 3.22. The zero-order valence-corrected chi connectivity index (χ0v) is 15.3. The van der Waals surface area contributed by atoms with Crippen LogP contribution in [0.1, 0.15) is 25.3 Å². The lowest BCUT2D eigenvalue weighted by molar-refractivity contribution is -0.137. The third-order valence-electron chi connectivity index (χ3n) is 3.94. The van der Waals surface area contributed by atoms with Crippen molar-refractivity contribution in [3.05, 3.63) is 22.8 Å². The summed E-state index contributed by atoms with van der Waals surface area (Å²) in [6.45, 7) is 2.75. The smallest absolute Gasteiger partial charge is 0.376 e. The number of hydrogen-bond donors (Lipinski definition) is 1. The molecule has 26 heavy (non-hydrogen) atoms. The fourth-order valence-corrected chi connectivity index (χ4v) is 3.64. The van der Waals surface area contributed by atoms with Gasteiger partial charge in [0, 0.05) is 19.3 Å². The number of fused-ring (bicyclic) bond motifs is 1. The zero-order valence-electron chi connectivity index (χ0n) is 13.7. The summed E-state index contributed by atoms with van der Waals surface area (Å²) in [4.78, 5) is 12.2. The molecule has 0 radical (unpaired) electrons. The predicted molar refractivity (Wildman–Crippen MR) is 90.3 cm³/mol. The molecule has 1 aliphatic rings. The van der Waals surface area contributed by atoms with Crippen LogP contribution in [-0.4, -0.2) is 45.0 Å². The number of aromatic nitrogens is 3. The number of carbonyl (C=O) groups excluding carboxylic acids is 1. The van der Waals surface area contributed by atoms with Crippen molar-refractivity contribution in [1.82, 2.24) is 19.9 Å². The molecule has 142 valence electrons. The van der Waals surface area contributed by atoms with Gasteiger partial charge in [-0.3, -0.25) is 9.20 Å². The second-order valence-corrected chi connectivity index (χ2v) is 7.61. The molecule has 0 spiro atoms. The van der Waals surface area contributed by atoms with Gasteiger partial charge in [-0.2, -0.15) is 13.2 Å². The summed E-state index contributed by atoms with van der Waals surface area (Å²) in [5.41, 5.74) is -0.804. The van der Waals surface area contributed by atoms with Gasteiger partial charge in [0.2, 0.25) is 5.91 Å². The fraction of sp³-hybridized carbons (Fsp3) is 0.533. The number of alkyl halides is 3. The standard InChI is InChI=1S/C15H16ClF3N4O2S/c1-8(13(24)20-6-10-3-2-4-25-10)26-14-22-21-12-11(16)5-9(7-23(12)14)15(17,18)19/h5,7-8,10H,2-4,6H2,1H3,(H,20,24)/t8-,10-/m1/s1. The van der Waals surface area contributed by atoms with Crippen molar-refractivity contribution < 1.29 is 22.7 Å². The highest BCUT2D eigenvalue weighted by atomic mass is 35.5. The molecule has 2 aromatic rings. The summed E-state index contributed by atoms with van der Waals surface area (Å²) in [5, 5.41) is 9.88. The molecule has 2 atom stereocenters. The van der Waals surface area contributed by atoms with Crippen LogP contribution < -0.4 is 5.32 Å². The minimum absolute atomic E-state index is 0.0122. The van der Waals surface area contributed by atoms with Gasteiger partial charge < -0.3 is 10.1 Å². The quantitative estimate of drug-likeness (QED) is 0.769. The van der Waals surface area contributed by atoms with E-state index in [1.807, 2.05) is 0 Å². The Morgan fingerprint density at radius 2 is 2.31 bits per heavy atom. The summed E-state index contributed by atoms with van der Waals surface area (Å²) in [5.74, 6) is -0.250. The van der Waals surface area contributed by atoms with Crippen LogP contribution in [0.3, 0.4) is 0 Å². The number of rotatable bonds is 5. The van der Waals surface area contributed by atoms with Crippen molar-refractivity contribution in [2.75, 3.05) is 13.2 Å². The normalized spacial score (nSPS) is 19.0. The Morgan fingerprint density at radius 3 is 2.96 bits per heavy atom. The first-order chi connectivity index (χ1) is 12.3. The highest BCUT2D eigenvalue weighted by molar-refractivity contribution is 8.00. The highest BCUT2D eigenvalue weighted by Gasteiger charge is 2.32. The molecule has 0 aliphatic carbocycles. The third-order valence-corrected chi connectivity index (χ3v) is 5.27. The molecule has 0 bridgehead atoms. The second-order valence-electron chi connectivity index (χ2n) is 5.89. The second kappa shape index (κ2) is 7.61. The lowest BCUT2D eigenvalue weighted by Gasteiger charge is -2.14. The number of halogens is 4. The lowest BCUT2D eigenvalue weighted by Crippen LogP contribution is -2.36. The first-order valence-electron chi connectivity index (χ1n) is 7.93. The number of ether oxygens (including phenoxy) is 1. The van der Waals surface area contributed by atoms with E-state index < -0.39 is 17.0 Å². The molecule has 1 saturated heterocycles. The average molecular weight is 409 g/mol. The Balaban J connectivity index is 1.73. The molecule has 3 heterocycles. The first-order valence-corrected chi connectivity index (χ1v) is 9.19. The number of pyridine rings is 1. The number of nitrogens with one attached hydrogen (secondary N) is 1. The molecule has 1 amide bonds. The maximum Gasteiger partial charge on any atom is 0.417 e. The van der Waals surface area contributed by atoms with Gasteiger partial charge in [0.25, 0.3) is 0 Å².